The van der Waals surface area contributed by atoms with E-state index in [1.54, 1.807) is 0 Å². The standard InChI is InChI=1S/C20H22N2O2/c1-13-4-6-16(7-5-13)21-18(23)20(8-9-20)19(24)22-17-11-14(2)10-15(3)12-17/h4-7,10-12H,8-9H2,1-3H3,(H,21,23)(H,22,24). The van der Waals surface area contributed by atoms with E-state index in [9.17, 15) is 9.59 Å². The molecule has 3 rings (SSSR count). The van der Waals surface area contributed by atoms with Crippen LogP contribution in [-0.2, 0) is 9.59 Å². The number of aryl methyl sites for hydroxylation is 3. The molecule has 2 N–H and O–H groups in total. The molecule has 4 nitrogen and oxygen atoms in total. The third kappa shape index (κ3) is 3.32. The molecular weight excluding hydrogens is 300 g/mol. The molecule has 1 saturated carbocycles. The van der Waals surface area contributed by atoms with E-state index < -0.39 is 5.41 Å². The topological polar surface area (TPSA) is 58.2 Å². The molecule has 1 aliphatic carbocycles. The number of benzene rings is 2. The third-order valence-corrected chi connectivity index (χ3v) is 4.41. The van der Waals surface area contributed by atoms with Crippen molar-refractivity contribution in [3.05, 3.63) is 59.2 Å². The first-order valence-electron chi connectivity index (χ1n) is 8.17. The Morgan fingerprint density at radius 2 is 1.25 bits per heavy atom. The highest BCUT2D eigenvalue weighted by Gasteiger charge is 2.56. The number of amides is 2. The Morgan fingerprint density at radius 3 is 1.75 bits per heavy atom. The first-order valence-corrected chi connectivity index (χ1v) is 8.17. The summed E-state index contributed by atoms with van der Waals surface area (Å²) in [5, 5.41) is 5.76. The quantitative estimate of drug-likeness (QED) is 0.837. The van der Waals surface area contributed by atoms with Gasteiger partial charge in [0.25, 0.3) is 0 Å². The molecule has 1 fully saturated rings. The van der Waals surface area contributed by atoms with Crippen molar-refractivity contribution in [3.63, 3.8) is 0 Å². The molecule has 0 aromatic heterocycles. The van der Waals surface area contributed by atoms with E-state index in [0.29, 0.717) is 12.8 Å². The summed E-state index contributed by atoms with van der Waals surface area (Å²) < 4.78 is 0. The minimum Gasteiger partial charge on any atom is -0.325 e. The van der Waals surface area contributed by atoms with E-state index in [1.807, 2.05) is 63.2 Å². The van der Waals surface area contributed by atoms with Gasteiger partial charge >= 0.3 is 0 Å². The van der Waals surface area contributed by atoms with Crippen molar-refractivity contribution in [2.24, 2.45) is 5.41 Å². The Hall–Kier alpha value is -2.62. The molecule has 1 aliphatic rings. The van der Waals surface area contributed by atoms with Crippen LogP contribution < -0.4 is 10.6 Å². The molecule has 0 heterocycles. The van der Waals surface area contributed by atoms with Crippen molar-refractivity contribution >= 4 is 23.2 Å². The van der Waals surface area contributed by atoms with Gasteiger partial charge in [-0.3, -0.25) is 9.59 Å². The van der Waals surface area contributed by atoms with Crippen LogP contribution in [0, 0.1) is 26.2 Å². The Morgan fingerprint density at radius 1 is 0.750 bits per heavy atom. The van der Waals surface area contributed by atoms with Crippen LogP contribution in [0.5, 0.6) is 0 Å². The molecule has 0 aliphatic heterocycles. The van der Waals surface area contributed by atoms with Gasteiger partial charge in [-0.05, 0) is 69.0 Å². The van der Waals surface area contributed by atoms with E-state index in [0.717, 1.165) is 28.1 Å². The predicted octanol–water partition coefficient (Wildman–Crippen LogP) is 3.97. The average Bonchev–Trinajstić information content (AvgIpc) is 3.30. The minimum atomic E-state index is -0.942. The van der Waals surface area contributed by atoms with Gasteiger partial charge in [0.1, 0.15) is 5.41 Å². The number of hydrogen-bond donors (Lipinski definition) is 2. The van der Waals surface area contributed by atoms with Crippen LogP contribution in [0.15, 0.2) is 42.5 Å². The largest absolute Gasteiger partial charge is 0.325 e. The fourth-order valence-corrected chi connectivity index (χ4v) is 2.87. The number of carbonyl (C=O) groups excluding carboxylic acids is 2. The van der Waals surface area contributed by atoms with Gasteiger partial charge in [0.15, 0.2) is 0 Å². The van der Waals surface area contributed by atoms with Crippen LogP contribution in [0.3, 0.4) is 0 Å². The van der Waals surface area contributed by atoms with Crippen molar-refractivity contribution in [1.29, 1.82) is 0 Å². The van der Waals surface area contributed by atoms with Gasteiger partial charge in [0, 0.05) is 11.4 Å². The Bertz CT molecular complexity index is 770. The number of nitrogens with one attached hydrogen (secondary N) is 2. The fraction of sp³-hybridized carbons (Fsp3) is 0.300. The van der Waals surface area contributed by atoms with Gasteiger partial charge in [-0.1, -0.05) is 23.8 Å². The molecule has 24 heavy (non-hydrogen) atoms. The van der Waals surface area contributed by atoms with E-state index in [-0.39, 0.29) is 11.8 Å². The summed E-state index contributed by atoms with van der Waals surface area (Å²) in [6, 6.07) is 13.5. The monoisotopic (exact) mass is 322 g/mol. The van der Waals surface area contributed by atoms with Crippen molar-refractivity contribution in [3.8, 4) is 0 Å². The maximum atomic E-state index is 12.6. The Labute approximate surface area is 142 Å². The van der Waals surface area contributed by atoms with Crippen molar-refractivity contribution in [2.45, 2.75) is 33.6 Å². The van der Waals surface area contributed by atoms with Crippen molar-refractivity contribution < 1.29 is 9.59 Å². The smallest absolute Gasteiger partial charge is 0.240 e. The first-order chi connectivity index (χ1) is 11.4. The molecule has 0 atom stereocenters. The zero-order chi connectivity index (χ0) is 17.3. The highest BCUT2D eigenvalue weighted by atomic mass is 16.2. The summed E-state index contributed by atoms with van der Waals surface area (Å²) in [5.41, 5.74) is 3.81. The molecule has 0 unspecified atom stereocenters. The van der Waals surface area contributed by atoms with Gasteiger partial charge in [0.05, 0.1) is 0 Å². The van der Waals surface area contributed by atoms with Gasteiger partial charge in [0.2, 0.25) is 11.8 Å². The fourth-order valence-electron chi connectivity index (χ4n) is 2.87. The van der Waals surface area contributed by atoms with Gasteiger partial charge < -0.3 is 10.6 Å². The summed E-state index contributed by atoms with van der Waals surface area (Å²) in [5.74, 6) is -0.453. The molecule has 2 amide bonds. The van der Waals surface area contributed by atoms with E-state index >= 15 is 0 Å². The lowest BCUT2D eigenvalue weighted by atomic mass is 10.0. The van der Waals surface area contributed by atoms with E-state index in [4.69, 9.17) is 0 Å². The second kappa shape index (κ2) is 6.11. The van der Waals surface area contributed by atoms with E-state index in [1.165, 1.54) is 0 Å². The average molecular weight is 322 g/mol. The SMILES string of the molecule is Cc1ccc(NC(=O)C2(C(=O)Nc3cc(C)cc(C)c3)CC2)cc1. The van der Waals surface area contributed by atoms with Crippen LogP contribution in [0.25, 0.3) is 0 Å². The zero-order valence-corrected chi connectivity index (χ0v) is 14.3. The summed E-state index contributed by atoms with van der Waals surface area (Å²) in [6.07, 6.45) is 1.17. The minimum absolute atomic E-state index is 0.225. The van der Waals surface area contributed by atoms with Gasteiger partial charge in [-0.25, -0.2) is 0 Å². The number of hydrogen-bond acceptors (Lipinski definition) is 2. The normalized spacial score (nSPS) is 14.8. The predicted molar refractivity (Wildman–Crippen MR) is 96.0 cm³/mol. The van der Waals surface area contributed by atoms with Gasteiger partial charge in [-0.15, -0.1) is 0 Å². The second-order valence-corrected chi connectivity index (χ2v) is 6.73. The summed E-state index contributed by atoms with van der Waals surface area (Å²) in [4.78, 5) is 25.2. The molecule has 0 saturated heterocycles. The highest BCUT2D eigenvalue weighted by molar-refractivity contribution is 6.16. The van der Waals surface area contributed by atoms with Crippen LogP contribution >= 0.6 is 0 Å². The molecule has 0 bridgehead atoms. The Balaban J connectivity index is 1.71. The molecule has 2 aromatic rings. The highest BCUT2D eigenvalue weighted by Crippen LogP contribution is 2.47. The number of anilines is 2. The lowest BCUT2D eigenvalue weighted by molar-refractivity contribution is -0.131. The molecule has 0 spiro atoms. The molecule has 4 heteroatoms. The number of rotatable bonds is 4. The second-order valence-electron chi connectivity index (χ2n) is 6.73. The molecular formula is C20H22N2O2. The van der Waals surface area contributed by atoms with Crippen LogP contribution in [0.1, 0.15) is 29.5 Å². The maximum Gasteiger partial charge on any atom is 0.240 e. The van der Waals surface area contributed by atoms with Gasteiger partial charge in [-0.2, -0.15) is 0 Å². The van der Waals surface area contributed by atoms with Crippen molar-refractivity contribution in [2.75, 3.05) is 10.6 Å². The summed E-state index contributed by atoms with van der Waals surface area (Å²) >= 11 is 0. The maximum absolute atomic E-state index is 12.6. The zero-order valence-electron chi connectivity index (χ0n) is 14.3. The molecule has 124 valence electrons. The van der Waals surface area contributed by atoms with Crippen LogP contribution in [0.4, 0.5) is 11.4 Å². The Kier molecular flexibility index (Phi) is 4.14. The lowest BCUT2D eigenvalue weighted by Gasteiger charge is -2.16. The third-order valence-electron chi connectivity index (χ3n) is 4.41. The van der Waals surface area contributed by atoms with E-state index in [2.05, 4.69) is 10.6 Å². The van der Waals surface area contributed by atoms with Crippen LogP contribution in [-0.4, -0.2) is 11.8 Å². The molecule has 2 aromatic carbocycles. The first kappa shape index (κ1) is 16.2. The number of carbonyl (C=O) groups is 2. The molecule has 0 radical (unpaired) electrons. The summed E-state index contributed by atoms with van der Waals surface area (Å²) in [6.45, 7) is 5.96. The van der Waals surface area contributed by atoms with Crippen LogP contribution in [0.2, 0.25) is 0 Å². The lowest BCUT2D eigenvalue weighted by Crippen LogP contribution is -2.35. The van der Waals surface area contributed by atoms with Crippen molar-refractivity contribution in [1.82, 2.24) is 0 Å². The summed E-state index contributed by atoms with van der Waals surface area (Å²) in [7, 11) is 0.